The number of unbranched alkanes of at least 4 members (excludes halogenated alkanes) is 1. The number of carbonyl (C=O) groups is 1. The highest BCUT2D eigenvalue weighted by atomic mass is 16.5. The second-order valence-electron chi connectivity index (χ2n) is 8.15. The van der Waals surface area contributed by atoms with Gasteiger partial charge in [0.25, 0.3) is 0 Å². The molecule has 33 heavy (non-hydrogen) atoms. The van der Waals surface area contributed by atoms with Gasteiger partial charge < -0.3 is 19.0 Å². The van der Waals surface area contributed by atoms with Crippen molar-refractivity contribution in [1.82, 2.24) is 25.2 Å². The van der Waals surface area contributed by atoms with E-state index in [-0.39, 0.29) is 5.91 Å². The third-order valence-electron chi connectivity index (χ3n) is 5.42. The minimum Gasteiger partial charge on any atom is -0.494 e. The Labute approximate surface area is 192 Å². The average molecular weight is 455 g/mol. The summed E-state index contributed by atoms with van der Waals surface area (Å²) in [6, 6.07) is 9.41. The van der Waals surface area contributed by atoms with Gasteiger partial charge in [0, 0.05) is 37.8 Å². The van der Waals surface area contributed by atoms with E-state index in [1.165, 1.54) is 0 Å². The highest BCUT2D eigenvalue weighted by Gasteiger charge is 2.21. The fourth-order valence-corrected chi connectivity index (χ4v) is 3.57. The van der Waals surface area contributed by atoms with E-state index in [1.807, 2.05) is 24.3 Å². The highest BCUT2D eigenvalue weighted by Crippen LogP contribution is 2.22. The molecule has 10 heteroatoms. The van der Waals surface area contributed by atoms with Crippen LogP contribution in [-0.4, -0.2) is 70.4 Å². The molecule has 1 N–H and O–H groups in total. The number of aryl methyl sites for hydroxylation is 1. The van der Waals surface area contributed by atoms with Crippen LogP contribution < -0.4 is 10.1 Å². The molecule has 176 valence electrons. The Bertz CT molecular complexity index is 1020. The van der Waals surface area contributed by atoms with E-state index in [0.29, 0.717) is 36.4 Å². The molecular weight excluding hydrogens is 424 g/mol. The summed E-state index contributed by atoms with van der Waals surface area (Å²) in [6.45, 7) is 8.76. The van der Waals surface area contributed by atoms with Gasteiger partial charge >= 0.3 is 0 Å². The maximum atomic E-state index is 12.2. The van der Waals surface area contributed by atoms with Crippen molar-refractivity contribution in [1.29, 1.82) is 0 Å². The Morgan fingerprint density at radius 3 is 2.58 bits per heavy atom. The normalized spacial score (nSPS) is 15.0. The third-order valence-corrected chi connectivity index (χ3v) is 5.42. The molecule has 0 atom stereocenters. The largest absolute Gasteiger partial charge is 0.494 e. The molecule has 1 aromatic carbocycles. The SMILES string of the molecule is CCCCOc1ccc(-c2nnc(CN3CCN(CC(=O)Nc4cc(C)on4)CC3)o2)cc1. The lowest BCUT2D eigenvalue weighted by Crippen LogP contribution is -2.48. The third kappa shape index (κ3) is 6.62. The fourth-order valence-electron chi connectivity index (χ4n) is 3.57. The molecule has 1 saturated heterocycles. The maximum absolute atomic E-state index is 12.2. The number of anilines is 1. The summed E-state index contributed by atoms with van der Waals surface area (Å²) in [7, 11) is 0. The number of carbonyl (C=O) groups excluding carboxylic acids is 1. The molecule has 0 unspecified atom stereocenters. The molecule has 0 radical (unpaired) electrons. The zero-order chi connectivity index (χ0) is 23.0. The molecule has 2 aromatic heterocycles. The quantitative estimate of drug-likeness (QED) is 0.462. The standard InChI is InChI=1S/C23H30N6O4/c1-3-4-13-31-19-7-5-18(6-8-19)23-26-25-22(32-23)16-29-11-9-28(10-12-29)15-21(30)24-20-14-17(2)33-27-20/h5-8,14H,3-4,9-13,15-16H2,1-2H3,(H,24,27,30). The smallest absolute Gasteiger partial charge is 0.247 e. The number of aromatic nitrogens is 3. The molecule has 1 amide bonds. The lowest BCUT2D eigenvalue weighted by atomic mass is 10.2. The van der Waals surface area contributed by atoms with Gasteiger partial charge in [-0.1, -0.05) is 18.5 Å². The van der Waals surface area contributed by atoms with Crippen molar-refractivity contribution in [3.63, 3.8) is 0 Å². The molecule has 1 aliphatic heterocycles. The zero-order valence-corrected chi connectivity index (χ0v) is 19.1. The Balaban J connectivity index is 1.21. The molecule has 0 saturated carbocycles. The number of amides is 1. The summed E-state index contributed by atoms with van der Waals surface area (Å²) < 4.78 is 16.5. The van der Waals surface area contributed by atoms with E-state index in [1.54, 1.807) is 13.0 Å². The number of nitrogens with zero attached hydrogens (tertiary/aromatic N) is 5. The predicted octanol–water partition coefficient (Wildman–Crippen LogP) is 2.97. The monoisotopic (exact) mass is 454 g/mol. The molecule has 10 nitrogen and oxygen atoms in total. The summed E-state index contributed by atoms with van der Waals surface area (Å²) in [4.78, 5) is 16.6. The van der Waals surface area contributed by atoms with Crippen molar-refractivity contribution < 1.29 is 18.5 Å². The van der Waals surface area contributed by atoms with Gasteiger partial charge in [-0.15, -0.1) is 10.2 Å². The van der Waals surface area contributed by atoms with Crippen molar-refractivity contribution in [2.45, 2.75) is 33.2 Å². The number of hydrogen-bond donors (Lipinski definition) is 1. The minimum absolute atomic E-state index is 0.0972. The van der Waals surface area contributed by atoms with Gasteiger partial charge in [0.1, 0.15) is 11.5 Å². The lowest BCUT2D eigenvalue weighted by molar-refractivity contribution is -0.117. The molecule has 1 aliphatic rings. The van der Waals surface area contributed by atoms with Crippen LogP contribution in [0.2, 0.25) is 0 Å². The Hall–Kier alpha value is -3.24. The van der Waals surface area contributed by atoms with Crippen molar-refractivity contribution in [3.8, 4) is 17.2 Å². The molecule has 4 rings (SSSR count). The Morgan fingerprint density at radius 1 is 1.12 bits per heavy atom. The number of benzene rings is 1. The Morgan fingerprint density at radius 2 is 1.88 bits per heavy atom. The second-order valence-corrected chi connectivity index (χ2v) is 8.15. The fraction of sp³-hybridized carbons (Fsp3) is 0.478. The van der Waals surface area contributed by atoms with Gasteiger partial charge in [0.2, 0.25) is 17.7 Å². The van der Waals surface area contributed by atoms with Crippen LogP contribution in [0.3, 0.4) is 0 Å². The summed E-state index contributed by atoms with van der Waals surface area (Å²) in [6.07, 6.45) is 2.15. The van der Waals surface area contributed by atoms with E-state index in [0.717, 1.165) is 56.9 Å². The number of rotatable bonds is 10. The van der Waals surface area contributed by atoms with Crippen molar-refractivity contribution in [2.75, 3.05) is 44.6 Å². The first-order chi connectivity index (χ1) is 16.1. The Kier molecular flexibility index (Phi) is 7.69. The molecular formula is C23H30N6O4. The van der Waals surface area contributed by atoms with E-state index in [9.17, 15) is 4.79 Å². The molecule has 1 fully saturated rings. The van der Waals surface area contributed by atoms with Crippen LogP contribution in [-0.2, 0) is 11.3 Å². The molecule has 0 bridgehead atoms. The van der Waals surface area contributed by atoms with Crippen molar-refractivity contribution in [2.24, 2.45) is 0 Å². The summed E-state index contributed by atoms with van der Waals surface area (Å²) in [5, 5.41) is 14.9. The highest BCUT2D eigenvalue weighted by molar-refractivity contribution is 5.91. The van der Waals surface area contributed by atoms with Crippen molar-refractivity contribution in [3.05, 3.63) is 42.0 Å². The van der Waals surface area contributed by atoms with Crippen LogP contribution in [0.15, 0.2) is 39.3 Å². The van der Waals surface area contributed by atoms with Crippen LogP contribution in [0.5, 0.6) is 5.75 Å². The lowest BCUT2D eigenvalue weighted by Gasteiger charge is -2.33. The first-order valence-corrected chi connectivity index (χ1v) is 11.3. The number of nitrogens with one attached hydrogen (secondary N) is 1. The van der Waals surface area contributed by atoms with E-state index >= 15 is 0 Å². The minimum atomic E-state index is -0.0972. The first-order valence-electron chi connectivity index (χ1n) is 11.3. The molecule has 0 spiro atoms. The maximum Gasteiger partial charge on any atom is 0.247 e. The summed E-state index contributed by atoms with van der Waals surface area (Å²) in [5.41, 5.74) is 0.870. The number of ether oxygens (including phenoxy) is 1. The number of hydrogen-bond acceptors (Lipinski definition) is 9. The van der Waals surface area contributed by atoms with E-state index < -0.39 is 0 Å². The molecule has 3 aromatic rings. The van der Waals surface area contributed by atoms with Crippen molar-refractivity contribution >= 4 is 11.7 Å². The first kappa shape index (κ1) is 22.9. The van der Waals surface area contributed by atoms with Crippen LogP contribution in [0.4, 0.5) is 5.82 Å². The zero-order valence-electron chi connectivity index (χ0n) is 19.1. The van der Waals surface area contributed by atoms with Crippen LogP contribution in [0, 0.1) is 6.92 Å². The second kappa shape index (κ2) is 11.1. The van der Waals surface area contributed by atoms with Gasteiger partial charge in [-0.3, -0.25) is 14.6 Å². The average Bonchev–Trinajstić information content (AvgIpc) is 3.44. The molecule has 0 aliphatic carbocycles. The van der Waals surface area contributed by atoms with Gasteiger partial charge in [-0.2, -0.15) is 0 Å². The summed E-state index contributed by atoms with van der Waals surface area (Å²) >= 11 is 0. The molecule has 3 heterocycles. The van der Waals surface area contributed by atoms with E-state index in [2.05, 4.69) is 37.4 Å². The number of piperazine rings is 1. The van der Waals surface area contributed by atoms with Gasteiger partial charge in [0.15, 0.2) is 5.82 Å². The topological polar surface area (TPSA) is 110 Å². The summed E-state index contributed by atoms with van der Waals surface area (Å²) in [5.74, 6) is 2.94. The van der Waals surface area contributed by atoms with Gasteiger partial charge in [-0.25, -0.2) is 0 Å². The van der Waals surface area contributed by atoms with Gasteiger partial charge in [0.05, 0.1) is 19.7 Å². The predicted molar refractivity (Wildman–Crippen MR) is 122 cm³/mol. The van der Waals surface area contributed by atoms with Crippen LogP contribution in [0.25, 0.3) is 11.5 Å². The van der Waals surface area contributed by atoms with Crippen LogP contribution >= 0.6 is 0 Å². The van der Waals surface area contributed by atoms with Gasteiger partial charge in [-0.05, 0) is 37.6 Å². The van der Waals surface area contributed by atoms with Crippen LogP contribution in [0.1, 0.15) is 31.4 Å². The van der Waals surface area contributed by atoms with E-state index in [4.69, 9.17) is 13.7 Å².